The van der Waals surface area contributed by atoms with Gasteiger partial charge in [0.25, 0.3) is 0 Å². The lowest BCUT2D eigenvalue weighted by Crippen LogP contribution is -2.45. The predicted octanol–water partition coefficient (Wildman–Crippen LogP) is 1.87. The lowest BCUT2D eigenvalue weighted by molar-refractivity contribution is -0.122. The minimum atomic E-state index is -0.194. The van der Waals surface area contributed by atoms with Crippen LogP contribution in [0.15, 0.2) is 0 Å². The maximum absolute atomic E-state index is 12.8. The highest BCUT2D eigenvalue weighted by Gasteiger charge is 2.34. The Morgan fingerprint density at radius 3 is 2.57 bits per heavy atom. The van der Waals surface area contributed by atoms with E-state index in [0.717, 1.165) is 63.4 Å². The number of carbonyl (C=O) groups is 2. The SMILES string of the molecule is CCCN(CCC)CCNC(=O)[C@@H]1CCCN1c1nnc(N2CCCC2=O)s1. The molecule has 2 amide bonds. The van der Waals surface area contributed by atoms with Crippen molar-refractivity contribution in [3.8, 4) is 0 Å². The van der Waals surface area contributed by atoms with Gasteiger partial charge in [-0.15, -0.1) is 10.2 Å². The van der Waals surface area contributed by atoms with Gasteiger partial charge in [0.05, 0.1) is 0 Å². The highest BCUT2D eigenvalue weighted by atomic mass is 32.1. The molecule has 0 aliphatic carbocycles. The highest BCUT2D eigenvalue weighted by Crippen LogP contribution is 2.33. The van der Waals surface area contributed by atoms with Crippen molar-refractivity contribution in [1.82, 2.24) is 20.4 Å². The second-order valence-corrected chi connectivity index (χ2v) is 8.43. The van der Waals surface area contributed by atoms with E-state index in [9.17, 15) is 9.59 Å². The van der Waals surface area contributed by atoms with Crippen LogP contribution in [0.5, 0.6) is 0 Å². The summed E-state index contributed by atoms with van der Waals surface area (Å²) in [6.07, 6.45) is 5.50. The molecule has 0 bridgehead atoms. The van der Waals surface area contributed by atoms with Crippen LogP contribution in [0.4, 0.5) is 10.3 Å². The van der Waals surface area contributed by atoms with Gasteiger partial charge in [-0.2, -0.15) is 0 Å². The van der Waals surface area contributed by atoms with Crippen LogP contribution in [0, 0.1) is 0 Å². The van der Waals surface area contributed by atoms with Crippen LogP contribution >= 0.6 is 11.3 Å². The largest absolute Gasteiger partial charge is 0.353 e. The Kier molecular flexibility index (Phi) is 7.61. The minimum Gasteiger partial charge on any atom is -0.353 e. The molecule has 2 saturated heterocycles. The average molecular weight is 409 g/mol. The van der Waals surface area contributed by atoms with Gasteiger partial charge < -0.3 is 15.1 Å². The molecule has 0 saturated carbocycles. The highest BCUT2D eigenvalue weighted by molar-refractivity contribution is 7.19. The average Bonchev–Trinajstić information content (AvgIpc) is 3.41. The number of nitrogens with zero attached hydrogens (tertiary/aromatic N) is 5. The monoisotopic (exact) mass is 408 g/mol. The molecule has 9 heteroatoms. The van der Waals surface area contributed by atoms with Crippen LogP contribution in [0.1, 0.15) is 52.4 Å². The zero-order valence-corrected chi connectivity index (χ0v) is 17.8. The molecular formula is C19H32N6O2S. The molecular weight excluding hydrogens is 376 g/mol. The van der Waals surface area contributed by atoms with E-state index in [4.69, 9.17) is 0 Å². The van der Waals surface area contributed by atoms with Crippen molar-refractivity contribution in [3.63, 3.8) is 0 Å². The van der Waals surface area contributed by atoms with Crippen molar-refractivity contribution in [2.24, 2.45) is 0 Å². The van der Waals surface area contributed by atoms with Gasteiger partial charge in [0.1, 0.15) is 6.04 Å². The number of hydrogen-bond donors (Lipinski definition) is 1. The summed E-state index contributed by atoms with van der Waals surface area (Å²) in [6, 6.07) is -0.194. The number of hydrogen-bond acceptors (Lipinski definition) is 7. The molecule has 8 nitrogen and oxygen atoms in total. The Labute approximate surface area is 171 Å². The Morgan fingerprint density at radius 1 is 1.14 bits per heavy atom. The van der Waals surface area contributed by atoms with E-state index in [1.807, 2.05) is 4.90 Å². The molecule has 28 heavy (non-hydrogen) atoms. The van der Waals surface area contributed by atoms with E-state index < -0.39 is 0 Å². The summed E-state index contributed by atoms with van der Waals surface area (Å²) < 4.78 is 0. The number of aromatic nitrogens is 2. The predicted molar refractivity (Wildman–Crippen MR) is 112 cm³/mol. The zero-order valence-electron chi connectivity index (χ0n) is 17.0. The fraction of sp³-hybridized carbons (Fsp3) is 0.789. The summed E-state index contributed by atoms with van der Waals surface area (Å²) >= 11 is 1.41. The Balaban J connectivity index is 1.54. The third-order valence-electron chi connectivity index (χ3n) is 5.32. The van der Waals surface area contributed by atoms with E-state index in [2.05, 4.69) is 34.3 Å². The number of rotatable bonds is 10. The lowest BCUT2D eigenvalue weighted by atomic mass is 10.2. The number of nitrogens with one attached hydrogen (secondary N) is 1. The van der Waals surface area contributed by atoms with E-state index >= 15 is 0 Å². The van der Waals surface area contributed by atoms with Crippen molar-refractivity contribution >= 4 is 33.4 Å². The molecule has 2 fully saturated rings. The van der Waals surface area contributed by atoms with Gasteiger partial charge in [-0.25, -0.2) is 0 Å². The standard InChI is InChI=1S/C19H32N6O2S/c1-3-10-23(11-4-2)14-9-20-17(27)15-7-5-12-24(15)18-21-22-19(28-18)25-13-6-8-16(25)26/h15H,3-14H2,1-2H3,(H,20,27)/t15-/m0/s1. The summed E-state index contributed by atoms with van der Waals surface area (Å²) in [5, 5.41) is 13.0. The van der Waals surface area contributed by atoms with Gasteiger partial charge in [-0.1, -0.05) is 25.2 Å². The molecule has 0 unspecified atom stereocenters. The topological polar surface area (TPSA) is 81.7 Å². The summed E-state index contributed by atoms with van der Waals surface area (Å²) in [4.78, 5) is 30.8. The zero-order chi connectivity index (χ0) is 19.9. The Bertz CT molecular complexity index is 661. The Morgan fingerprint density at radius 2 is 1.89 bits per heavy atom. The van der Waals surface area contributed by atoms with Gasteiger partial charge >= 0.3 is 0 Å². The normalized spacial score (nSPS) is 19.8. The fourth-order valence-corrected chi connectivity index (χ4v) is 4.94. The van der Waals surface area contributed by atoms with E-state index in [0.29, 0.717) is 24.6 Å². The van der Waals surface area contributed by atoms with Crippen LogP contribution in [0.2, 0.25) is 0 Å². The first kappa shape index (κ1) is 21.0. The van der Waals surface area contributed by atoms with Crippen molar-refractivity contribution < 1.29 is 9.59 Å². The van der Waals surface area contributed by atoms with Gasteiger partial charge in [-0.3, -0.25) is 14.5 Å². The molecule has 2 aliphatic heterocycles. The summed E-state index contributed by atoms with van der Waals surface area (Å²) in [6.45, 7) is 9.59. The van der Waals surface area contributed by atoms with Crippen LogP contribution in [0.3, 0.4) is 0 Å². The number of carbonyl (C=O) groups excluding carboxylic acids is 2. The molecule has 3 rings (SSSR count). The maximum atomic E-state index is 12.8. The van der Waals surface area contributed by atoms with E-state index in [1.54, 1.807) is 4.90 Å². The number of amides is 2. The quantitative estimate of drug-likeness (QED) is 0.637. The first-order valence-electron chi connectivity index (χ1n) is 10.5. The van der Waals surface area contributed by atoms with Crippen LogP contribution < -0.4 is 15.1 Å². The third kappa shape index (κ3) is 5.00. The second kappa shape index (κ2) is 10.2. The van der Waals surface area contributed by atoms with E-state index in [-0.39, 0.29) is 17.9 Å². The minimum absolute atomic E-state index is 0.0689. The second-order valence-electron chi connectivity index (χ2n) is 7.50. The molecule has 0 spiro atoms. The first-order valence-corrected chi connectivity index (χ1v) is 11.4. The van der Waals surface area contributed by atoms with Crippen LogP contribution in [0.25, 0.3) is 0 Å². The van der Waals surface area contributed by atoms with Gasteiger partial charge in [0, 0.05) is 32.6 Å². The molecule has 1 aromatic heterocycles. The van der Waals surface area contributed by atoms with Gasteiger partial charge in [-0.05, 0) is 45.2 Å². The molecule has 1 atom stereocenters. The van der Waals surface area contributed by atoms with Crippen molar-refractivity contribution in [2.75, 3.05) is 49.1 Å². The molecule has 0 radical (unpaired) electrons. The summed E-state index contributed by atoms with van der Waals surface area (Å²) in [5.41, 5.74) is 0. The summed E-state index contributed by atoms with van der Waals surface area (Å²) in [7, 11) is 0. The lowest BCUT2D eigenvalue weighted by Gasteiger charge is -2.24. The Hall–Kier alpha value is -1.74. The molecule has 2 aliphatic rings. The summed E-state index contributed by atoms with van der Waals surface area (Å²) in [5.74, 6) is 0.182. The van der Waals surface area contributed by atoms with Crippen LogP contribution in [-0.4, -0.2) is 72.2 Å². The molecule has 1 N–H and O–H groups in total. The smallest absolute Gasteiger partial charge is 0.242 e. The molecule has 3 heterocycles. The number of anilines is 2. The molecule has 1 aromatic rings. The maximum Gasteiger partial charge on any atom is 0.242 e. The van der Waals surface area contributed by atoms with Crippen LogP contribution in [-0.2, 0) is 9.59 Å². The van der Waals surface area contributed by atoms with Gasteiger partial charge in [0.2, 0.25) is 22.1 Å². The van der Waals surface area contributed by atoms with E-state index in [1.165, 1.54) is 11.3 Å². The fourth-order valence-electron chi connectivity index (χ4n) is 3.97. The van der Waals surface area contributed by atoms with Crippen molar-refractivity contribution in [3.05, 3.63) is 0 Å². The van der Waals surface area contributed by atoms with Crippen molar-refractivity contribution in [2.45, 2.75) is 58.4 Å². The van der Waals surface area contributed by atoms with Gasteiger partial charge in [0.15, 0.2) is 0 Å². The first-order chi connectivity index (χ1) is 13.6. The molecule has 0 aromatic carbocycles. The van der Waals surface area contributed by atoms with Crippen molar-refractivity contribution in [1.29, 1.82) is 0 Å². The molecule has 156 valence electrons. The third-order valence-corrected chi connectivity index (χ3v) is 6.30.